The van der Waals surface area contributed by atoms with Gasteiger partial charge in [0.1, 0.15) is 0 Å². The average Bonchev–Trinajstić information content (AvgIpc) is 2.22. The molecular formula is C10H9Cl2NO2. The first-order valence-electron chi connectivity index (χ1n) is 4.55. The Morgan fingerprint density at radius 3 is 2.80 bits per heavy atom. The Morgan fingerprint density at radius 2 is 2.13 bits per heavy atom. The predicted octanol–water partition coefficient (Wildman–Crippen LogP) is 3.16. The molecule has 0 spiro atoms. The number of nitrogens with one attached hydrogen (secondary N) is 1. The van der Waals surface area contributed by atoms with Crippen molar-refractivity contribution >= 4 is 29.3 Å². The second-order valence-corrected chi connectivity index (χ2v) is 4.11. The van der Waals surface area contributed by atoms with E-state index >= 15 is 0 Å². The van der Waals surface area contributed by atoms with Crippen molar-refractivity contribution in [2.24, 2.45) is 0 Å². The number of cyclic esters (lactones) is 1. The van der Waals surface area contributed by atoms with E-state index in [1.165, 1.54) is 0 Å². The Labute approximate surface area is 97.3 Å². The molecule has 5 heteroatoms. The van der Waals surface area contributed by atoms with E-state index in [2.05, 4.69) is 5.32 Å². The molecule has 0 saturated carbocycles. The Balaban J connectivity index is 2.21. The van der Waals surface area contributed by atoms with Gasteiger partial charge in [-0.2, -0.15) is 0 Å². The first-order valence-corrected chi connectivity index (χ1v) is 5.30. The third-order valence-electron chi connectivity index (χ3n) is 2.28. The van der Waals surface area contributed by atoms with Gasteiger partial charge in [-0.25, -0.2) is 4.79 Å². The fourth-order valence-corrected chi connectivity index (χ4v) is 1.81. The molecule has 2 rings (SSSR count). The third kappa shape index (κ3) is 2.36. The molecule has 1 aliphatic heterocycles. The molecule has 0 radical (unpaired) electrons. The van der Waals surface area contributed by atoms with Crippen molar-refractivity contribution < 1.29 is 9.53 Å². The van der Waals surface area contributed by atoms with E-state index in [0.29, 0.717) is 16.7 Å². The molecule has 1 fully saturated rings. The fourth-order valence-electron chi connectivity index (χ4n) is 1.50. The molecule has 80 valence electrons. The average molecular weight is 246 g/mol. The van der Waals surface area contributed by atoms with Crippen LogP contribution in [0.25, 0.3) is 0 Å². The van der Waals surface area contributed by atoms with Gasteiger partial charge in [0.25, 0.3) is 0 Å². The van der Waals surface area contributed by atoms with Gasteiger partial charge in [-0.3, -0.25) is 0 Å². The van der Waals surface area contributed by atoms with E-state index in [9.17, 15) is 4.79 Å². The van der Waals surface area contributed by atoms with Gasteiger partial charge in [0.2, 0.25) is 0 Å². The Kier molecular flexibility index (Phi) is 3.03. The van der Waals surface area contributed by atoms with Crippen molar-refractivity contribution in [2.45, 2.75) is 12.5 Å². The van der Waals surface area contributed by atoms with Crippen molar-refractivity contribution in [1.29, 1.82) is 0 Å². The molecule has 0 aromatic heterocycles. The number of alkyl carbamates (subject to hydrolysis) is 1. The maximum absolute atomic E-state index is 11.0. The van der Waals surface area contributed by atoms with Crippen molar-refractivity contribution in [3.05, 3.63) is 33.8 Å². The highest BCUT2D eigenvalue weighted by Gasteiger charge is 2.20. The van der Waals surface area contributed by atoms with Crippen LogP contribution in [-0.2, 0) is 4.74 Å². The molecule has 1 N–H and O–H groups in total. The van der Waals surface area contributed by atoms with Crippen LogP contribution in [0.1, 0.15) is 18.0 Å². The lowest BCUT2D eigenvalue weighted by atomic mass is 10.0. The number of hydrogen-bond donors (Lipinski definition) is 1. The van der Waals surface area contributed by atoms with E-state index in [1.807, 2.05) is 6.07 Å². The summed E-state index contributed by atoms with van der Waals surface area (Å²) in [6.07, 6.45) is 0.348. The number of rotatable bonds is 1. The standard InChI is InChI=1S/C10H9Cl2NO2/c11-7-2-1-6(5-8(7)12)9-3-4-15-10(14)13-9/h1-2,5,9H,3-4H2,(H,13,14)/t9-/m0/s1. The minimum absolute atomic E-state index is 0.0407. The monoisotopic (exact) mass is 245 g/mol. The van der Waals surface area contributed by atoms with E-state index in [-0.39, 0.29) is 6.04 Å². The van der Waals surface area contributed by atoms with Crippen LogP contribution >= 0.6 is 23.2 Å². The summed E-state index contributed by atoms with van der Waals surface area (Å²) in [5, 5.41) is 3.72. The molecule has 1 saturated heterocycles. The van der Waals surface area contributed by atoms with Crippen LogP contribution in [0.3, 0.4) is 0 Å². The zero-order valence-electron chi connectivity index (χ0n) is 7.80. The van der Waals surface area contributed by atoms with Crippen LogP contribution in [0, 0.1) is 0 Å². The normalized spacial score (nSPS) is 20.7. The van der Waals surface area contributed by atoms with Gasteiger partial charge in [-0.1, -0.05) is 29.3 Å². The molecule has 1 aromatic rings. The van der Waals surface area contributed by atoms with Crippen LogP contribution in [0.4, 0.5) is 4.79 Å². The summed E-state index contributed by atoms with van der Waals surface area (Å²) in [6, 6.07) is 5.30. The van der Waals surface area contributed by atoms with E-state index in [4.69, 9.17) is 27.9 Å². The Bertz CT molecular complexity index is 395. The summed E-state index contributed by atoms with van der Waals surface area (Å²) in [5.74, 6) is 0. The van der Waals surface area contributed by atoms with Crippen LogP contribution in [0.5, 0.6) is 0 Å². The van der Waals surface area contributed by atoms with E-state index < -0.39 is 6.09 Å². The number of carbonyl (C=O) groups excluding carboxylic acids is 1. The molecule has 1 aliphatic rings. The van der Waals surface area contributed by atoms with Crippen molar-refractivity contribution in [3.8, 4) is 0 Å². The minimum Gasteiger partial charge on any atom is -0.449 e. The number of carbonyl (C=O) groups is 1. The van der Waals surface area contributed by atoms with E-state index in [0.717, 1.165) is 12.0 Å². The maximum atomic E-state index is 11.0. The molecule has 1 heterocycles. The number of halogens is 2. The number of hydrogen-bond acceptors (Lipinski definition) is 2. The molecule has 0 aliphatic carbocycles. The first-order chi connectivity index (χ1) is 7.16. The topological polar surface area (TPSA) is 38.3 Å². The molecular weight excluding hydrogens is 237 g/mol. The van der Waals surface area contributed by atoms with Crippen molar-refractivity contribution in [1.82, 2.24) is 5.32 Å². The molecule has 3 nitrogen and oxygen atoms in total. The fraction of sp³-hybridized carbons (Fsp3) is 0.300. The molecule has 1 atom stereocenters. The van der Waals surface area contributed by atoms with Gasteiger partial charge < -0.3 is 10.1 Å². The zero-order valence-corrected chi connectivity index (χ0v) is 9.31. The van der Waals surface area contributed by atoms with E-state index in [1.54, 1.807) is 12.1 Å². The predicted molar refractivity (Wildman–Crippen MR) is 58.3 cm³/mol. The zero-order chi connectivity index (χ0) is 10.8. The summed E-state index contributed by atoms with van der Waals surface area (Å²) in [7, 11) is 0. The second-order valence-electron chi connectivity index (χ2n) is 3.30. The second kappa shape index (κ2) is 4.29. The number of benzene rings is 1. The summed E-state index contributed by atoms with van der Waals surface area (Å²) in [6.45, 7) is 0.427. The molecule has 15 heavy (non-hydrogen) atoms. The van der Waals surface area contributed by atoms with Crippen LogP contribution in [-0.4, -0.2) is 12.7 Å². The first kappa shape index (κ1) is 10.6. The molecule has 1 aromatic carbocycles. The van der Waals surface area contributed by atoms with Crippen molar-refractivity contribution in [2.75, 3.05) is 6.61 Å². The van der Waals surface area contributed by atoms with Gasteiger partial charge in [0.15, 0.2) is 0 Å². The van der Waals surface area contributed by atoms with Crippen LogP contribution in [0.15, 0.2) is 18.2 Å². The van der Waals surface area contributed by atoms with Gasteiger partial charge in [0.05, 0.1) is 22.7 Å². The lowest BCUT2D eigenvalue weighted by Crippen LogP contribution is -2.35. The molecule has 0 bridgehead atoms. The Morgan fingerprint density at radius 1 is 1.33 bits per heavy atom. The smallest absolute Gasteiger partial charge is 0.407 e. The Hall–Kier alpha value is -0.930. The van der Waals surface area contributed by atoms with Crippen LogP contribution in [0.2, 0.25) is 10.0 Å². The van der Waals surface area contributed by atoms with Gasteiger partial charge in [0, 0.05) is 6.42 Å². The quantitative estimate of drug-likeness (QED) is 0.826. The summed E-state index contributed by atoms with van der Waals surface area (Å²) >= 11 is 11.7. The number of ether oxygens (including phenoxy) is 1. The van der Waals surface area contributed by atoms with Gasteiger partial charge in [-0.05, 0) is 17.7 Å². The lowest BCUT2D eigenvalue weighted by Gasteiger charge is -2.23. The lowest BCUT2D eigenvalue weighted by molar-refractivity contribution is 0.115. The van der Waals surface area contributed by atoms with Gasteiger partial charge >= 0.3 is 6.09 Å². The highest BCUT2D eigenvalue weighted by atomic mass is 35.5. The highest BCUT2D eigenvalue weighted by Crippen LogP contribution is 2.27. The minimum atomic E-state index is -0.391. The summed E-state index contributed by atoms with van der Waals surface area (Å²) in [4.78, 5) is 11.0. The van der Waals surface area contributed by atoms with Crippen LogP contribution < -0.4 is 5.32 Å². The van der Waals surface area contributed by atoms with Gasteiger partial charge in [-0.15, -0.1) is 0 Å². The summed E-state index contributed by atoms with van der Waals surface area (Å²) < 4.78 is 4.77. The third-order valence-corrected chi connectivity index (χ3v) is 3.02. The molecule has 0 unspecified atom stereocenters. The maximum Gasteiger partial charge on any atom is 0.407 e. The van der Waals surface area contributed by atoms with Crippen molar-refractivity contribution in [3.63, 3.8) is 0 Å². The molecule has 1 amide bonds. The largest absolute Gasteiger partial charge is 0.449 e. The SMILES string of the molecule is O=C1N[C@H](c2ccc(Cl)c(Cl)c2)CCO1. The summed E-state index contributed by atoms with van der Waals surface area (Å²) in [5.41, 5.74) is 0.945. The number of amides is 1. The highest BCUT2D eigenvalue weighted by molar-refractivity contribution is 6.42.